The first kappa shape index (κ1) is 17.4. The Morgan fingerprint density at radius 3 is 2.76 bits per heavy atom. The van der Waals surface area contributed by atoms with Crippen LogP contribution in [0.15, 0.2) is 48.5 Å². The predicted octanol–water partition coefficient (Wildman–Crippen LogP) is 1.70. The van der Waals surface area contributed by atoms with Gasteiger partial charge in [0.2, 0.25) is 15.9 Å². The first-order chi connectivity index (χ1) is 12.0. The summed E-state index contributed by atoms with van der Waals surface area (Å²) < 4.78 is 32.2. The Kier molecular flexibility index (Phi) is 5.06. The molecule has 0 bridgehead atoms. The number of hydrogen-bond donors (Lipinski definition) is 1. The van der Waals surface area contributed by atoms with Crippen molar-refractivity contribution in [3.05, 3.63) is 59.7 Å². The molecule has 0 radical (unpaired) electrons. The van der Waals surface area contributed by atoms with E-state index < -0.39 is 10.0 Å². The maximum Gasteiger partial charge on any atom is 0.231 e. The highest BCUT2D eigenvalue weighted by Gasteiger charge is 2.26. The van der Waals surface area contributed by atoms with Gasteiger partial charge in [0.15, 0.2) is 0 Å². The lowest BCUT2D eigenvalue weighted by Crippen LogP contribution is -2.37. The number of carbonyl (C=O) groups is 1. The lowest BCUT2D eigenvalue weighted by molar-refractivity contribution is -0.117. The zero-order valence-corrected chi connectivity index (χ0v) is 14.8. The molecule has 1 aliphatic rings. The van der Waals surface area contributed by atoms with E-state index in [4.69, 9.17) is 4.74 Å². The van der Waals surface area contributed by atoms with Gasteiger partial charge in [-0.3, -0.25) is 4.79 Å². The molecule has 0 unspecified atom stereocenters. The van der Waals surface area contributed by atoms with Crippen LogP contribution in [0.1, 0.15) is 11.1 Å². The summed E-state index contributed by atoms with van der Waals surface area (Å²) in [6.07, 6.45) is 0.368. The zero-order valence-electron chi connectivity index (χ0n) is 13.9. The number of fused-ring (bicyclic) bond motifs is 1. The first-order valence-corrected chi connectivity index (χ1v) is 9.62. The Morgan fingerprint density at radius 2 is 1.96 bits per heavy atom. The van der Waals surface area contributed by atoms with Crippen LogP contribution in [0.3, 0.4) is 0 Å². The predicted molar refractivity (Wildman–Crippen MR) is 96.1 cm³/mol. The summed E-state index contributed by atoms with van der Waals surface area (Å²) in [6.45, 7) is 0.486. The molecule has 1 heterocycles. The fourth-order valence-corrected chi connectivity index (χ4v) is 4.03. The van der Waals surface area contributed by atoms with Gasteiger partial charge < -0.3 is 9.64 Å². The average molecular weight is 360 g/mol. The fraction of sp³-hybridized carbons (Fsp3) is 0.278. The second-order valence-corrected chi connectivity index (χ2v) is 7.66. The van der Waals surface area contributed by atoms with Crippen LogP contribution in [0, 0.1) is 0 Å². The standard InChI is InChI=1S/C18H20N2O4S/c1-24-16-7-4-5-14(11-16)13-25(22,23)19-9-10-20-17-8-3-2-6-15(17)12-18(20)21/h2-8,11,19H,9-10,12-13H2,1H3. The number of carbonyl (C=O) groups excluding carboxylic acids is 1. The molecule has 2 aromatic carbocycles. The number of anilines is 1. The van der Waals surface area contributed by atoms with Crippen LogP contribution in [0.25, 0.3) is 0 Å². The van der Waals surface area contributed by atoms with Gasteiger partial charge in [-0.1, -0.05) is 30.3 Å². The van der Waals surface area contributed by atoms with Crippen molar-refractivity contribution >= 4 is 21.6 Å². The Labute approximate surface area is 147 Å². The lowest BCUT2D eigenvalue weighted by Gasteiger charge is -2.17. The van der Waals surface area contributed by atoms with Crippen molar-refractivity contribution in [3.8, 4) is 5.75 Å². The molecule has 2 aromatic rings. The van der Waals surface area contributed by atoms with Crippen LogP contribution in [-0.2, 0) is 27.0 Å². The summed E-state index contributed by atoms with van der Waals surface area (Å²) in [4.78, 5) is 13.7. The SMILES string of the molecule is COc1cccc(CS(=O)(=O)NCCN2C(=O)Cc3ccccc32)c1. The van der Waals surface area contributed by atoms with Crippen molar-refractivity contribution in [1.82, 2.24) is 4.72 Å². The number of hydrogen-bond acceptors (Lipinski definition) is 4. The average Bonchev–Trinajstić information content (AvgIpc) is 2.90. The molecule has 3 rings (SSSR count). The van der Waals surface area contributed by atoms with E-state index in [0.717, 1.165) is 11.3 Å². The minimum absolute atomic E-state index is 0.00630. The van der Waals surface area contributed by atoms with Crippen LogP contribution in [0.5, 0.6) is 5.75 Å². The number of rotatable bonds is 7. The summed E-state index contributed by atoms with van der Waals surface area (Å²) >= 11 is 0. The molecule has 0 saturated heterocycles. The van der Waals surface area contributed by atoms with E-state index in [0.29, 0.717) is 24.3 Å². The second-order valence-electron chi connectivity index (χ2n) is 5.86. The van der Waals surface area contributed by atoms with Gasteiger partial charge >= 0.3 is 0 Å². The summed E-state index contributed by atoms with van der Waals surface area (Å²) in [5, 5.41) is 0. The van der Waals surface area contributed by atoms with Gasteiger partial charge in [0.1, 0.15) is 5.75 Å². The molecule has 1 amide bonds. The highest BCUT2D eigenvalue weighted by molar-refractivity contribution is 7.88. The molecule has 0 fully saturated rings. The monoisotopic (exact) mass is 360 g/mol. The quantitative estimate of drug-likeness (QED) is 0.815. The van der Waals surface area contributed by atoms with E-state index in [2.05, 4.69) is 4.72 Å². The maximum absolute atomic E-state index is 12.2. The van der Waals surface area contributed by atoms with Crippen molar-refractivity contribution in [3.63, 3.8) is 0 Å². The number of sulfonamides is 1. The molecule has 1 aliphatic heterocycles. The fourth-order valence-electron chi connectivity index (χ4n) is 2.91. The van der Waals surface area contributed by atoms with E-state index in [1.54, 1.807) is 29.2 Å². The Hall–Kier alpha value is -2.38. The minimum Gasteiger partial charge on any atom is -0.497 e. The largest absolute Gasteiger partial charge is 0.497 e. The Balaban J connectivity index is 1.58. The summed E-state index contributed by atoms with van der Waals surface area (Å²) in [5.41, 5.74) is 2.49. The lowest BCUT2D eigenvalue weighted by atomic mass is 10.2. The van der Waals surface area contributed by atoms with Crippen LogP contribution >= 0.6 is 0 Å². The van der Waals surface area contributed by atoms with Crippen molar-refractivity contribution in [2.45, 2.75) is 12.2 Å². The number of ether oxygens (including phenoxy) is 1. The third-order valence-electron chi connectivity index (χ3n) is 4.07. The first-order valence-electron chi connectivity index (χ1n) is 7.97. The number of nitrogens with one attached hydrogen (secondary N) is 1. The Bertz CT molecular complexity index is 880. The number of nitrogens with zero attached hydrogens (tertiary/aromatic N) is 1. The number of methoxy groups -OCH3 is 1. The minimum atomic E-state index is -3.49. The zero-order chi connectivity index (χ0) is 17.9. The molecule has 25 heavy (non-hydrogen) atoms. The second kappa shape index (κ2) is 7.25. The molecule has 7 heteroatoms. The van der Waals surface area contributed by atoms with Gasteiger partial charge in [-0.2, -0.15) is 0 Å². The van der Waals surface area contributed by atoms with Crippen LogP contribution < -0.4 is 14.4 Å². The highest BCUT2D eigenvalue weighted by atomic mass is 32.2. The number of amides is 1. The molecule has 0 saturated carbocycles. The number of benzene rings is 2. The Morgan fingerprint density at radius 1 is 1.16 bits per heavy atom. The smallest absolute Gasteiger partial charge is 0.231 e. The van der Waals surface area contributed by atoms with Crippen molar-refractivity contribution in [2.24, 2.45) is 0 Å². The summed E-state index contributed by atoms with van der Waals surface area (Å²) in [6, 6.07) is 14.5. The molecule has 0 aliphatic carbocycles. The summed E-state index contributed by atoms with van der Waals surface area (Å²) in [7, 11) is -1.95. The highest BCUT2D eigenvalue weighted by Crippen LogP contribution is 2.27. The normalized spacial score (nSPS) is 13.8. The molecule has 0 aromatic heterocycles. The molecule has 1 N–H and O–H groups in total. The van der Waals surface area contributed by atoms with Gasteiger partial charge in [-0.15, -0.1) is 0 Å². The van der Waals surface area contributed by atoms with Gasteiger partial charge in [-0.25, -0.2) is 13.1 Å². The van der Waals surface area contributed by atoms with Crippen molar-refractivity contribution < 1.29 is 17.9 Å². The van der Waals surface area contributed by atoms with E-state index >= 15 is 0 Å². The van der Waals surface area contributed by atoms with E-state index in [9.17, 15) is 13.2 Å². The molecule has 6 nitrogen and oxygen atoms in total. The van der Waals surface area contributed by atoms with Gasteiger partial charge in [0.05, 0.1) is 19.3 Å². The van der Waals surface area contributed by atoms with Crippen molar-refractivity contribution in [1.29, 1.82) is 0 Å². The van der Waals surface area contributed by atoms with Gasteiger partial charge in [0.25, 0.3) is 0 Å². The van der Waals surface area contributed by atoms with Gasteiger partial charge in [-0.05, 0) is 29.3 Å². The van der Waals surface area contributed by atoms with Crippen LogP contribution in [0.4, 0.5) is 5.69 Å². The molecule has 132 valence electrons. The third kappa shape index (κ3) is 4.18. The van der Waals surface area contributed by atoms with E-state index in [-0.39, 0.29) is 18.2 Å². The van der Waals surface area contributed by atoms with E-state index in [1.807, 2.05) is 24.3 Å². The van der Waals surface area contributed by atoms with Crippen LogP contribution in [0.2, 0.25) is 0 Å². The third-order valence-corrected chi connectivity index (χ3v) is 5.43. The van der Waals surface area contributed by atoms with Crippen molar-refractivity contribution in [2.75, 3.05) is 25.1 Å². The number of para-hydroxylation sites is 1. The van der Waals surface area contributed by atoms with Crippen LogP contribution in [-0.4, -0.2) is 34.5 Å². The summed E-state index contributed by atoms with van der Waals surface area (Å²) in [5.74, 6) is 0.481. The maximum atomic E-state index is 12.2. The molecule has 0 spiro atoms. The molecular weight excluding hydrogens is 340 g/mol. The van der Waals surface area contributed by atoms with Gasteiger partial charge in [0, 0.05) is 18.8 Å². The topological polar surface area (TPSA) is 75.7 Å². The molecule has 0 atom stereocenters. The molecular formula is C18H20N2O4S. The van der Waals surface area contributed by atoms with E-state index in [1.165, 1.54) is 7.11 Å².